The number of anilines is 1. The van der Waals surface area contributed by atoms with Crippen LogP contribution in [0, 0.1) is 0 Å². The van der Waals surface area contributed by atoms with Gasteiger partial charge in [0, 0.05) is 12.1 Å². The average Bonchev–Trinajstić information content (AvgIpc) is 2.26. The molecule has 1 aromatic rings. The van der Waals surface area contributed by atoms with E-state index in [4.69, 9.17) is 10.2 Å². The van der Waals surface area contributed by atoms with Crippen LogP contribution < -0.4 is 5.32 Å². The maximum Gasteiger partial charge on any atom is 0.162 e. The van der Waals surface area contributed by atoms with Gasteiger partial charge in [0.05, 0.1) is 18.4 Å². The number of aliphatic hydroxyl groups excluding tert-OH is 2. The molecule has 4 N–H and O–H groups in total. The minimum absolute atomic E-state index is 0.0576. The third-order valence-electron chi connectivity index (χ3n) is 2.15. The molecule has 0 aliphatic heterocycles. The Morgan fingerprint density at radius 3 is 2.75 bits per heavy atom. The Bertz CT molecular complexity index is 378. The highest BCUT2D eigenvalue weighted by molar-refractivity contribution is 6.00. The smallest absolute Gasteiger partial charge is 0.162 e. The van der Waals surface area contributed by atoms with Gasteiger partial charge in [-0.25, -0.2) is 0 Å². The van der Waals surface area contributed by atoms with E-state index in [9.17, 15) is 9.90 Å². The van der Waals surface area contributed by atoms with Crippen LogP contribution in [0.1, 0.15) is 17.3 Å². The first-order valence-corrected chi connectivity index (χ1v) is 4.92. The summed E-state index contributed by atoms with van der Waals surface area (Å²) in [5, 5.41) is 30.1. The molecule has 0 bridgehead atoms. The zero-order valence-electron chi connectivity index (χ0n) is 8.97. The SMILES string of the molecule is CC(=O)c1cccc(O)c1NCC(O)CO. The topological polar surface area (TPSA) is 89.8 Å². The summed E-state index contributed by atoms with van der Waals surface area (Å²) in [6.07, 6.45) is -0.931. The lowest BCUT2D eigenvalue weighted by Crippen LogP contribution is -2.23. The Balaban J connectivity index is 2.88. The van der Waals surface area contributed by atoms with E-state index < -0.39 is 6.10 Å². The maximum atomic E-state index is 11.3. The highest BCUT2D eigenvalue weighted by Gasteiger charge is 2.12. The molecule has 1 atom stereocenters. The lowest BCUT2D eigenvalue weighted by Gasteiger charge is -2.14. The minimum atomic E-state index is -0.931. The first kappa shape index (κ1) is 12.5. The Hall–Kier alpha value is -1.59. The predicted octanol–water partition coefficient (Wildman–Crippen LogP) is 0.360. The summed E-state index contributed by atoms with van der Waals surface area (Å²) >= 11 is 0. The molecule has 0 radical (unpaired) electrons. The molecule has 5 heteroatoms. The van der Waals surface area contributed by atoms with E-state index in [1.54, 1.807) is 12.1 Å². The number of rotatable bonds is 5. The average molecular weight is 225 g/mol. The quantitative estimate of drug-likeness (QED) is 0.429. The van der Waals surface area contributed by atoms with E-state index in [0.29, 0.717) is 5.56 Å². The van der Waals surface area contributed by atoms with Gasteiger partial charge in [0.2, 0.25) is 0 Å². The van der Waals surface area contributed by atoms with Gasteiger partial charge in [0.25, 0.3) is 0 Å². The molecule has 16 heavy (non-hydrogen) atoms. The summed E-state index contributed by atoms with van der Waals surface area (Å²) in [6, 6.07) is 4.59. The van der Waals surface area contributed by atoms with Gasteiger partial charge in [-0.1, -0.05) is 6.07 Å². The van der Waals surface area contributed by atoms with Crippen LogP contribution in [-0.4, -0.2) is 40.4 Å². The van der Waals surface area contributed by atoms with E-state index in [0.717, 1.165) is 0 Å². The number of para-hydroxylation sites is 1. The second-order valence-electron chi connectivity index (χ2n) is 3.47. The van der Waals surface area contributed by atoms with Crippen LogP contribution in [0.25, 0.3) is 0 Å². The fourth-order valence-electron chi connectivity index (χ4n) is 1.30. The van der Waals surface area contributed by atoms with Crippen LogP contribution in [-0.2, 0) is 0 Å². The molecule has 0 spiro atoms. The van der Waals surface area contributed by atoms with Crippen molar-refractivity contribution >= 4 is 11.5 Å². The molecule has 88 valence electrons. The highest BCUT2D eigenvalue weighted by atomic mass is 16.3. The van der Waals surface area contributed by atoms with Crippen LogP contribution in [0.5, 0.6) is 5.75 Å². The summed E-state index contributed by atoms with van der Waals surface area (Å²) in [4.78, 5) is 11.3. The molecule has 0 fully saturated rings. The molecule has 0 heterocycles. The fourth-order valence-corrected chi connectivity index (χ4v) is 1.30. The normalized spacial score (nSPS) is 12.2. The van der Waals surface area contributed by atoms with Crippen molar-refractivity contribution in [3.63, 3.8) is 0 Å². The third kappa shape index (κ3) is 2.95. The Kier molecular flexibility index (Phi) is 4.28. The van der Waals surface area contributed by atoms with E-state index in [1.807, 2.05) is 0 Å². The van der Waals surface area contributed by atoms with Crippen LogP contribution in [0.2, 0.25) is 0 Å². The molecule has 0 aliphatic carbocycles. The van der Waals surface area contributed by atoms with Crippen LogP contribution >= 0.6 is 0 Å². The Labute approximate surface area is 93.4 Å². The molecular weight excluding hydrogens is 210 g/mol. The number of phenolic OH excluding ortho intramolecular Hbond substituents is 1. The van der Waals surface area contributed by atoms with Crippen LogP contribution in [0.4, 0.5) is 5.69 Å². The largest absolute Gasteiger partial charge is 0.506 e. The molecule has 0 aromatic heterocycles. The number of benzene rings is 1. The van der Waals surface area contributed by atoms with Crippen molar-refractivity contribution in [2.75, 3.05) is 18.5 Å². The van der Waals surface area contributed by atoms with Crippen molar-refractivity contribution in [2.24, 2.45) is 0 Å². The number of nitrogens with one attached hydrogen (secondary N) is 1. The van der Waals surface area contributed by atoms with Crippen molar-refractivity contribution < 1.29 is 20.1 Å². The van der Waals surface area contributed by atoms with Gasteiger partial charge in [0.15, 0.2) is 5.78 Å². The van der Waals surface area contributed by atoms with Gasteiger partial charge in [-0.05, 0) is 19.1 Å². The standard InChI is InChI=1S/C11H15NO4/c1-7(14)9-3-2-4-10(16)11(9)12-5-8(15)6-13/h2-4,8,12-13,15-16H,5-6H2,1H3. The van der Waals surface area contributed by atoms with E-state index in [1.165, 1.54) is 13.0 Å². The van der Waals surface area contributed by atoms with E-state index >= 15 is 0 Å². The molecule has 1 rings (SSSR count). The molecule has 0 saturated heterocycles. The van der Waals surface area contributed by atoms with Gasteiger partial charge in [0.1, 0.15) is 5.75 Å². The number of phenols is 1. The monoisotopic (exact) mass is 225 g/mol. The third-order valence-corrected chi connectivity index (χ3v) is 2.15. The number of carbonyl (C=O) groups is 1. The second-order valence-corrected chi connectivity index (χ2v) is 3.47. The minimum Gasteiger partial charge on any atom is -0.506 e. The van der Waals surface area contributed by atoms with E-state index in [2.05, 4.69) is 5.32 Å². The van der Waals surface area contributed by atoms with Gasteiger partial charge in [-0.3, -0.25) is 4.79 Å². The zero-order valence-corrected chi connectivity index (χ0v) is 8.97. The molecule has 0 amide bonds. The first-order chi connectivity index (χ1) is 7.56. The number of Topliss-reactive ketones (excluding diaryl/α,β-unsaturated/α-hetero) is 1. The van der Waals surface area contributed by atoms with Gasteiger partial charge in [-0.15, -0.1) is 0 Å². The molecule has 0 saturated carbocycles. The summed E-state index contributed by atoms with van der Waals surface area (Å²) in [5.41, 5.74) is 0.632. The fraction of sp³-hybridized carbons (Fsp3) is 0.364. The van der Waals surface area contributed by atoms with Crippen LogP contribution in [0.3, 0.4) is 0 Å². The van der Waals surface area contributed by atoms with E-state index in [-0.39, 0.29) is 30.4 Å². The number of ketones is 1. The van der Waals surface area contributed by atoms with Crippen molar-refractivity contribution in [1.82, 2.24) is 0 Å². The second kappa shape index (κ2) is 5.48. The Morgan fingerprint density at radius 2 is 2.19 bits per heavy atom. The number of aliphatic hydroxyl groups is 2. The predicted molar refractivity (Wildman–Crippen MR) is 59.7 cm³/mol. The maximum absolute atomic E-state index is 11.3. The molecule has 5 nitrogen and oxygen atoms in total. The van der Waals surface area contributed by atoms with Crippen molar-refractivity contribution in [3.8, 4) is 5.75 Å². The van der Waals surface area contributed by atoms with Crippen molar-refractivity contribution in [3.05, 3.63) is 23.8 Å². The first-order valence-electron chi connectivity index (χ1n) is 4.92. The highest BCUT2D eigenvalue weighted by Crippen LogP contribution is 2.27. The summed E-state index contributed by atoms with van der Waals surface area (Å²) < 4.78 is 0. The lowest BCUT2D eigenvalue weighted by molar-refractivity contribution is 0.101. The van der Waals surface area contributed by atoms with Gasteiger partial charge in [-0.2, -0.15) is 0 Å². The summed E-state index contributed by atoms with van der Waals surface area (Å²) in [7, 11) is 0. The number of hydrogen-bond donors (Lipinski definition) is 4. The number of carbonyl (C=O) groups excluding carboxylic acids is 1. The molecule has 1 unspecified atom stereocenters. The van der Waals surface area contributed by atoms with Gasteiger partial charge < -0.3 is 20.6 Å². The van der Waals surface area contributed by atoms with Crippen LogP contribution in [0.15, 0.2) is 18.2 Å². The zero-order chi connectivity index (χ0) is 12.1. The van der Waals surface area contributed by atoms with Crippen molar-refractivity contribution in [1.29, 1.82) is 0 Å². The van der Waals surface area contributed by atoms with Gasteiger partial charge >= 0.3 is 0 Å². The molecule has 0 aliphatic rings. The number of hydrogen-bond acceptors (Lipinski definition) is 5. The summed E-state index contributed by atoms with van der Waals surface area (Å²) in [5.74, 6) is -0.241. The molecule has 1 aromatic carbocycles. The number of aromatic hydroxyl groups is 1. The summed E-state index contributed by atoms with van der Waals surface area (Å²) in [6.45, 7) is 1.08. The van der Waals surface area contributed by atoms with Crippen molar-refractivity contribution in [2.45, 2.75) is 13.0 Å². The molecular formula is C11H15NO4. The Morgan fingerprint density at radius 1 is 1.50 bits per heavy atom. The lowest BCUT2D eigenvalue weighted by atomic mass is 10.1.